The summed E-state index contributed by atoms with van der Waals surface area (Å²) in [5.74, 6) is 0.158. The van der Waals surface area contributed by atoms with Gasteiger partial charge in [0.25, 0.3) is 0 Å². The summed E-state index contributed by atoms with van der Waals surface area (Å²) in [6, 6.07) is 15.8. The first-order valence-corrected chi connectivity index (χ1v) is 9.74. The van der Waals surface area contributed by atoms with Crippen LogP contribution in [0.5, 0.6) is 0 Å². The maximum Gasteiger partial charge on any atom is 0.228 e. The van der Waals surface area contributed by atoms with E-state index in [1.165, 1.54) is 12.8 Å². The Morgan fingerprint density at radius 2 is 1.67 bits per heavy atom. The highest BCUT2D eigenvalue weighted by atomic mass is 16.2. The van der Waals surface area contributed by atoms with E-state index in [0.717, 1.165) is 48.7 Å². The second kappa shape index (κ2) is 7.82. The molecule has 27 heavy (non-hydrogen) atoms. The normalized spacial score (nSPS) is 16.8. The Balaban J connectivity index is 1.40. The Morgan fingerprint density at radius 3 is 2.37 bits per heavy atom. The minimum absolute atomic E-state index is 0.0216. The van der Waals surface area contributed by atoms with Gasteiger partial charge in [-0.05, 0) is 49.1 Å². The van der Waals surface area contributed by atoms with Gasteiger partial charge in [0, 0.05) is 31.7 Å². The topological polar surface area (TPSA) is 52.7 Å². The van der Waals surface area contributed by atoms with Crippen LogP contribution in [0.4, 0.5) is 17.1 Å². The minimum atomic E-state index is -0.0216. The summed E-state index contributed by atoms with van der Waals surface area (Å²) in [7, 11) is 0. The number of hydrogen-bond donors (Lipinski definition) is 1. The third-order valence-electron chi connectivity index (χ3n) is 5.31. The number of anilines is 3. The van der Waals surface area contributed by atoms with Gasteiger partial charge in [-0.15, -0.1) is 0 Å². The van der Waals surface area contributed by atoms with Crippen molar-refractivity contribution in [1.82, 2.24) is 0 Å². The van der Waals surface area contributed by atoms with Crippen molar-refractivity contribution in [3.8, 4) is 0 Å². The van der Waals surface area contributed by atoms with Crippen molar-refractivity contribution in [3.63, 3.8) is 0 Å². The molecule has 0 aromatic heterocycles. The highest BCUT2D eigenvalue weighted by Crippen LogP contribution is 2.29. The van der Waals surface area contributed by atoms with Crippen LogP contribution in [-0.4, -0.2) is 31.4 Å². The number of rotatable bonds is 5. The van der Waals surface area contributed by atoms with Crippen molar-refractivity contribution in [2.45, 2.75) is 32.1 Å². The fourth-order valence-corrected chi connectivity index (χ4v) is 3.91. The predicted molar refractivity (Wildman–Crippen MR) is 108 cm³/mol. The Morgan fingerprint density at radius 1 is 0.926 bits per heavy atom. The first-order valence-electron chi connectivity index (χ1n) is 9.74. The summed E-state index contributed by atoms with van der Waals surface area (Å²) in [5, 5.41) is 3.07. The summed E-state index contributed by atoms with van der Waals surface area (Å²) in [5.41, 5.74) is 3.84. The molecule has 0 radical (unpaired) electrons. The van der Waals surface area contributed by atoms with Gasteiger partial charge in [-0.2, -0.15) is 0 Å². The molecule has 2 amide bonds. The molecule has 2 aromatic carbocycles. The summed E-state index contributed by atoms with van der Waals surface area (Å²) >= 11 is 0. The molecule has 5 heteroatoms. The van der Waals surface area contributed by atoms with Crippen LogP contribution in [0.15, 0.2) is 48.5 Å². The monoisotopic (exact) mass is 363 g/mol. The lowest BCUT2D eigenvalue weighted by Gasteiger charge is -2.21. The van der Waals surface area contributed by atoms with Crippen LogP contribution >= 0.6 is 0 Å². The third kappa shape index (κ3) is 3.97. The molecule has 140 valence electrons. The lowest BCUT2D eigenvalue weighted by Crippen LogP contribution is -2.23. The van der Waals surface area contributed by atoms with Gasteiger partial charge in [-0.3, -0.25) is 9.59 Å². The van der Waals surface area contributed by atoms with E-state index in [-0.39, 0.29) is 11.8 Å². The molecule has 4 rings (SSSR count). The summed E-state index contributed by atoms with van der Waals surface area (Å²) < 4.78 is 0. The molecule has 2 aromatic rings. The second-order valence-corrected chi connectivity index (χ2v) is 7.25. The van der Waals surface area contributed by atoms with Gasteiger partial charge in [0.2, 0.25) is 11.8 Å². The van der Waals surface area contributed by atoms with Gasteiger partial charge in [0.15, 0.2) is 0 Å². The summed E-state index contributed by atoms with van der Waals surface area (Å²) in [6.07, 6.45) is 4.27. The predicted octanol–water partition coefficient (Wildman–Crippen LogP) is 3.59. The Kier molecular flexibility index (Phi) is 5.10. The first kappa shape index (κ1) is 17.6. The third-order valence-corrected chi connectivity index (χ3v) is 5.31. The number of nitrogens with zero attached hydrogens (tertiary/aromatic N) is 2. The molecule has 0 atom stereocenters. The van der Waals surface area contributed by atoms with Crippen molar-refractivity contribution < 1.29 is 9.59 Å². The molecule has 0 aliphatic carbocycles. The SMILES string of the molecule is O=C(Cc1ccc(N2CCCC2=O)cc1)Nc1ccccc1N1CCCC1. The standard InChI is InChI=1S/C22H25N3O2/c26-21(23-19-6-1-2-7-20(19)24-13-3-4-14-24)16-17-9-11-18(12-10-17)25-15-5-8-22(25)27/h1-2,6-7,9-12H,3-5,8,13-16H2,(H,23,26). The van der Waals surface area contributed by atoms with Crippen LogP contribution < -0.4 is 15.1 Å². The molecule has 2 heterocycles. The summed E-state index contributed by atoms with van der Waals surface area (Å²) in [6.45, 7) is 2.87. The highest BCUT2D eigenvalue weighted by Gasteiger charge is 2.21. The number of hydrogen-bond acceptors (Lipinski definition) is 3. The van der Waals surface area contributed by atoms with E-state index in [4.69, 9.17) is 0 Å². The van der Waals surface area contributed by atoms with Gasteiger partial charge in [0.1, 0.15) is 0 Å². The fourth-order valence-electron chi connectivity index (χ4n) is 3.91. The quantitative estimate of drug-likeness (QED) is 0.883. The van der Waals surface area contributed by atoms with Crippen molar-refractivity contribution in [1.29, 1.82) is 0 Å². The van der Waals surface area contributed by atoms with E-state index in [2.05, 4.69) is 16.3 Å². The molecule has 0 spiro atoms. The average Bonchev–Trinajstić information content (AvgIpc) is 3.35. The highest BCUT2D eigenvalue weighted by molar-refractivity contribution is 5.96. The molecular formula is C22H25N3O2. The van der Waals surface area contributed by atoms with Crippen LogP contribution in [0.25, 0.3) is 0 Å². The fraction of sp³-hybridized carbons (Fsp3) is 0.364. The molecule has 2 fully saturated rings. The average molecular weight is 363 g/mol. The number of amides is 2. The minimum Gasteiger partial charge on any atom is -0.370 e. The van der Waals surface area contributed by atoms with Gasteiger partial charge in [-0.25, -0.2) is 0 Å². The van der Waals surface area contributed by atoms with Crippen LogP contribution in [0.1, 0.15) is 31.2 Å². The molecule has 0 saturated carbocycles. The number of para-hydroxylation sites is 2. The van der Waals surface area contributed by atoms with Gasteiger partial charge in [-0.1, -0.05) is 24.3 Å². The molecular weight excluding hydrogens is 338 g/mol. The Hall–Kier alpha value is -2.82. The van der Waals surface area contributed by atoms with E-state index in [1.54, 1.807) is 0 Å². The number of nitrogens with one attached hydrogen (secondary N) is 1. The largest absolute Gasteiger partial charge is 0.370 e. The van der Waals surface area contributed by atoms with E-state index >= 15 is 0 Å². The smallest absolute Gasteiger partial charge is 0.228 e. The number of carbonyl (C=O) groups excluding carboxylic acids is 2. The maximum atomic E-state index is 12.5. The molecule has 2 aliphatic rings. The lowest BCUT2D eigenvalue weighted by molar-refractivity contribution is -0.117. The molecule has 0 bridgehead atoms. The molecule has 2 aliphatic heterocycles. The van der Waals surface area contributed by atoms with Crippen molar-refractivity contribution >= 4 is 28.9 Å². The molecule has 1 N–H and O–H groups in total. The van der Waals surface area contributed by atoms with Crippen molar-refractivity contribution in [3.05, 3.63) is 54.1 Å². The maximum absolute atomic E-state index is 12.5. The molecule has 0 unspecified atom stereocenters. The second-order valence-electron chi connectivity index (χ2n) is 7.25. The van der Waals surface area contributed by atoms with E-state index in [9.17, 15) is 9.59 Å². The Labute approximate surface area is 160 Å². The van der Waals surface area contributed by atoms with Crippen LogP contribution in [0.2, 0.25) is 0 Å². The molecule has 2 saturated heterocycles. The molecule has 5 nitrogen and oxygen atoms in total. The van der Waals surface area contributed by atoms with E-state index in [1.807, 2.05) is 47.4 Å². The van der Waals surface area contributed by atoms with E-state index < -0.39 is 0 Å². The van der Waals surface area contributed by atoms with Crippen LogP contribution in [0, 0.1) is 0 Å². The van der Waals surface area contributed by atoms with Gasteiger partial charge < -0.3 is 15.1 Å². The van der Waals surface area contributed by atoms with Crippen molar-refractivity contribution in [2.24, 2.45) is 0 Å². The zero-order chi connectivity index (χ0) is 18.6. The summed E-state index contributed by atoms with van der Waals surface area (Å²) in [4.78, 5) is 28.5. The van der Waals surface area contributed by atoms with Gasteiger partial charge >= 0.3 is 0 Å². The lowest BCUT2D eigenvalue weighted by atomic mass is 10.1. The van der Waals surface area contributed by atoms with Gasteiger partial charge in [0.05, 0.1) is 17.8 Å². The zero-order valence-electron chi connectivity index (χ0n) is 15.5. The number of carbonyl (C=O) groups is 2. The van der Waals surface area contributed by atoms with E-state index in [0.29, 0.717) is 12.8 Å². The van der Waals surface area contributed by atoms with Crippen LogP contribution in [0.3, 0.4) is 0 Å². The van der Waals surface area contributed by atoms with Crippen molar-refractivity contribution in [2.75, 3.05) is 34.8 Å². The Bertz CT molecular complexity index is 826. The van der Waals surface area contributed by atoms with Crippen LogP contribution in [-0.2, 0) is 16.0 Å². The number of benzene rings is 2. The first-order chi connectivity index (χ1) is 13.2. The zero-order valence-corrected chi connectivity index (χ0v) is 15.5.